The lowest BCUT2D eigenvalue weighted by Crippen LogP contribution is -2.52. The average molecular weight is 268 g/mol. The smallest absolute Gasteiger partial charge is 0.323 e. The number of hydrogen-bond acceptors (Lipinski definition) is 3. The molecule has 0 radical (unpaired) electrons. The summed E-state index contributed by atoms with van der Waals surface area (Å²) in [4.78, 5) is 16.4. The minimum absolute atomic E-state index is 0.451. The summed E-state index contributed by atoms with van der Waals surface area (Å²) in [6.07, 6.45) is 5.27. The number of aliphatic carboxylic acids is 1. The number of carbonyl (C=O) groups is 1. The largest absolute Gasteiger partial charge is 0.480 e. The first-order chi connectivity index (χ1) is 8.95. The van der Waals surface area contributed by atoms with Crippen molar-refractivity contribution in [1.29, 1.82) is 0 Å². The Kier molecular flexibility index (Phi) is 4.51. The van der Waals surface area contributed by atoms with E-state index in [4.69, 9.17) is 0 Å². The van der Waals surface area contributed by atoms with Crippen LogP contribution in [0.4, 0.5) is 0 Å². The molecule has 0 saturated carbocycles. The molecule has 4 heteroatoms. The summed E-state index contributed by atoms with van der Waals surface area (Å²) in [5.41, 5.74) is -0.627. The van der Waals surface area contributed by atoms with Gasteiger partial charge in [-0.1, -0.05) is 0 Å². The fourth-order valence-electron chi connectivity index (χ4n) is 3.73. The summed E-state index contributed by atoms with van der Waals surface area (Å²) in [5.74, 6) is -0.644. The van der Waals surface area contributed by atoms with Gasteiger partial charge in [0, 0.05) is 12.1 Å². The number of carboxylic acids is 1. The van der Waals surface area contributed by atoms with Crippen molar-refractivity contribution < 1.29 is 9.90 Å². The quantitative estimate of drug-likeness (QED) is 0.852. The molecule has 2 rings (SSSR count). The maximum absolute atomic E-state index is 11.6. The molecule has 0 spiro atoms. The monoisotopic (exact) mass is 268 g/mol. The molecule has 0 aliphatic carbocycles. The van der Waals surface area contributed by atoms with Crippen molar-refractivity contribution in [3.05, 3.63) is 0 Å². The molecule has 2 heterocycles. The number of nitrogens with zero attached hydrogens (tertiary/aromatic N) is 2. The van der Waals surface area contributed by atoms with Crippen LogP contribution in [0.3, 0.4) is 0 Å². The molecule has 0 amide bonds. The van der Waals surface area contributed by atoms with Crippen molar-refractivity contribution >= 4 is 5.97 Å². The van der Waals surface area contributed by atoms with E-state index >= 15 is 0 Å². The van der Waals surface area contributed by atoms with Gasteiger partial charge in [-0.15, -0.1) is 0 Å². The third-order valence-electron chi connectivity index (χ3n) is 5.06. The van der Waals surface area contributed by atoms with Gasteiger partial charge in [-0.2, -0.15) is 0 Å². The van der Waals surface area contributed by atoms with Gasteiger partial charge < -0.3 is 10.0 Å². The van der Waals surface area contributed by atoms with Gasteiger partial charge in [0.25, 0.3) is 0 Å². The van der Waals surface area contributed by atoms with Crippen LogP contribution in [0.15, 0.2) is 0 Å². The van der Waals surface area contributed by atoms with Crippen LogP contribution in [-0.2, 0) is 4.79 Å². The molecule has 2 saturated heterocycles. The molecular weight excluding hydrogens is 240 g/mol. The zero-order chi connectivity index (χ0) is 14.0. The van der Waals surface area contributed by atoms with Crippen LogP contribution in [0.2, 0.25) is 0 Å². The molecule has 2 fully saturated rings. The van der Waals surface area contributed by atoms with Crippen molar-refractivity contribution in [2.75, 3.05) is 19.6 Å². The third kappa shape index (κ3) is 2.95. The lowest BCUT2D eigenvalue weighted by molar-refractivity contribution is -0.150. The van der Waals surface area contributed by atoms with Crippen LogP contribution in [0, 0.1) is 0 Å². The number of likely N-dealkylation sites (tertiary alicyclic amines) is 2. The van der Waals surface area contributed by atoms with E-state index in [0.717, 1.165) is 45.3 Å². The highest BCUT2D eigenvalue weighted by Gasteiger charge is 2.46. The van der Waals surface area contributed by atoms with E-state index in [2.05, 4.69) is 23.6 Å². The molecule has 2 aliphatic rings. The van der Waals surface area contributed by atoms with E-state index in [0.29, 0.717) is 12.1 Å². The number of hydrogen-bond donors (Lipinski definition) is 1. The van der Waals surface area contributed by atoms with Gasteiger partial charge in [0.2, 0.25) is 0 Å². The molecule has 2 atom stereocenters. The van der Waals surface area contributed by atoms with Crippen molar-refractivity contribution in [2.24, 2.45) is 0 Å². The van der Waals surface area contributed by atoms with Crippen LogP contribution >= 0.6 is 0 Å². The molecule has 0 bridgehead atoms. The normalized spacial score (nSPS) is 34.6. The van der Waals surface area contributed by atoms with Crippen molar-refractivity contribution in [3.8, 4) is 0 Å². The van der Waals surface area contributed by atoms with E-state index in [1.807, 2.05) is 6.92 Å². The van der Waals surface area contributed by atoms with Gasteiger partial charge in [-0.3, -0.25) is 9.69 Å². The molecular formula is C15H28N2O2. The number of carboxylic acid groups (broad SMARTS) is 1. The average Bonchev–Trinajstić information content (AvgIpc) is 2.61. The van der Waals surface area contributed by atoms with Crippen LogP contribution in [0.25, 0.3) is 0 Å². The van der Waals surface area contributed by atoms with Gasteiger partial charge >= 0.3 is 5.97 Å². The second kappa shape index (κ2) is 5.80. The standard InChI is InChI=1S/C15H28N2O2/c1-12(2)16-9-4-6-13(7-11-16)17-10-5-8-15(17,3)14(18)19/h12-13H,4-11H2,1-3H3,(H,18,19). The predicted octanol–water partition coefficient (Wildman–Crippen LogP) is 2.19. The first kappa shape index (κ1) is 14.8. The Morgan fingerprint density at radius 1 is 1.21 bits per heavy atom. The fourth-order valence-corrected chi connectivity index (χ4v) is 3.73. The molecule has 0 aromatic rings. The van der Waals surface area contributed by atoms with Gasteiger partial charge in [0.15, 0.2) is 0 Å². The molecule has 2 aliphatic heterocycles. The minimum atomic E-state index is -0.644. The van der Waals surface area contributed by atoms with E-state index < -0.39 is 11.5 Å². The van der Waals surface area contributed by atoms with Crippen LogP contribution in [-0.4, -0.2) is 58.1 Å². The van der Waals surface area contributed by atoms with Crippen LogP contribution in [0.5, 0.6) is 0 Å². The second-order valence-electron chi connectivity index (χ2n) is 6.59. The lowest BCUT2D eigenvalue weighted by Gasteiger charge is -2.37. The molecule has 1 N–H and O–H groups in total. The topological polar surface area (TPSA) is 43.8 Å². The third-order valence-corrected chi connectivity index (χ3v) is 5.06. The second-order valence-corrected chi connectivity index (χ2v) is 6.59. The van der Waals surface area contributed by atoms with Crippen molar-refractivity contribution in [3.63, 3.8) is 0 Å². The van der Waals surface area contributed by atoms with Crippen molar-refractivity contribution in [1.82, 2.24) is 9.80 Å². The molecule has 0 aromatic heterocycles. The zero-order valence-electron chi connectivity index (χ0n) is 12.6. The highest BCUT2D eigenvalue weighted by Crippen LogP contribution is 2.34. The number of rotatable bonds is 3. The summed E-state index contributed by atoms with van der Waals surface area (Å²) >= 11 is 0. The van der Waals surface area contributed by atoms with E-state index in [1.165, 1.54) is 6.42 Å². The summed E-state index contributed by atoms with van der Waals surface area (Å²) in [5, 5.41) is 9.53. The van der Waals surface area contributed by atoms with Crippen LogP contribution in [0.1, 0.15) is 52.9 Å². The van der Waals surface area contributed by atoms with Gasteiger partial charge in [-0.05, 0) is 72.5 Å². The molecule has 0 aromatic carbocycles. The summed E-state index contributed by atoms with van der Waals surface area (Å²) in [7, 11) is 0. The first-order valence-corrected chi connectivity index (χ1v) is 7.69. The van der Waals surface area contributed by atoms with E-state index in [9.17, 15) is 9.90 Å². The summed E-state index contributed by atoms with van der Waals surface area (Å²) in [6.45, 7) is 9.62. The molecule has 19 heavy (non-hydrogen) atoms. The Morgan fingerprint density at radius 2 is 1.95 bits per heavy atom. The maximum atomic E-state index is 11.6. The Labute approximate surface area is 116 Å². The van der Waals surface area contributed by atoms with Crippen LogP contribution < -0.4 is 0 Å². The van der Waals surface area contributed by atoms with Gasteiger partial charge in [0.05, 0.1) is 0 Å². The molecule has 110 valence electrons. The molecule has 4 nitrogen and oxygen atoms in total. The molecule has 2 unspecified atom stereocenters. The Morgan fingerprint density at radius 3 is 2.58 bits per heavy atom. The lowest BCUT2D eigenvalue weighted by atomic mass is 9.96. The van der Waals surface area contributed by atoms with E-state index in [1.54, 1.807) is 0 Å². The minimum Gasteiger partial charge on any atom is -0.480 e. The van der Waals surface area contributed by atoms with Gasteiger partial charge in [0.1, 0.15) is 5.54 Å². The predicted molar refractivity (Wildman–Crippen MR) is 76.3 cm³/mol. The Hall–Kier alpha value is -0.610. The zero-order valence-corrected chi connectivity index (χ0v) is 12.6. The Balaban J connectivity index is 2.04. The first-order valence-electron chi connectivity index (χ1n) is 7.69. The maximum Gasteiger partial charge on any atom is 0.323 e. The highest BCUT2D eigenvalue weighted by atomic mass is 16.4. The highest BCUT2D eigenvalue weighted by molar-refractivity contribution is 5.78. The Bertz CT molecular complexity index is 332. The summed E-state index contributed by atoms with van der Waals surface area (Å²) < 4.78 is 0. The SMILES string of the molecule is CC(C)N1CCCC(N2CCCC2(C)C(=O)O)CC1. The van der Waals surface area contributed by atoms with E-state index in [-0.39, 0.29) is 0 Å². The van der Waals surface area contributed by atoms with Crippen molar-refractivity contribution in [2.45, 2.75) is 70.5 Å². The summed E-state index contributed by atoms with van der Waals surface area (Å²) in [6, 6.07) is 1.05. The van der Waals surface area contributed by atoms with Gasteiger partial charge in [-0.25, -0.2) is 0 Å². The fraction of sp³-hybridized carbons (Fsp3) is 0.933.